The molecule has 1 atom stereocenters. The number of carbonyl (C=O) groups excluding carboxylic acids is 1. The normalized spacial score (nSPS) is 20.1. The molecular formula is C25H22FN3O. The molecule has 0 N–H and O–H groups in total. The van der Waals surface area contributed by atoms with Crippen LogP contribution < -0.4 is 0 Å². The average molecular weight is 399 g/mol. The lowest BCUT2D eigenvalue weighted by molar-refractivity contribution is 0.0645. The van der Waals surface area contributed by atoms with E-state index in [4.69, 9.17) is 5.26 Å². The highest BCUT2D eigenvalue weighted by atomic mass is 19.1. The lowest BCUT2D eigenvalue weighted by atomic mass is 9.88. The van der Waals surface area contributed by atoms with E-state index in [0.717, 1.165) is 38.6 Å². The number of aliphatic imine (C=N–C) groups is 1. The molecule has 2 aliphatic carbocycles. The fraction of sp³-hybridized carbons (Fsp3) is 0.320. The third-order valence-electron chi connectivity index (χ3n) is 6.33. The number of hydrogen-bond donors (Lipinski definition) is 0. The number of carbonyl (C=O) groups is 1. The summed E-state index contributed by atoms with van der Waals surface area (Å²) in [6, 6.07) is 14.1. The van der Waals surface area contributed by atoms with Crippen molar-refractivity contribution in [3.8, 4) is 17.2 Å². The summed E-state index contributed by atoms with van der Waals surface area (Å²) in [5, 5.41) is 8.91. The van der Waals surface area contributed by atoms with Crippen LogP contribution in [0.5, 0.6) is 0 Å². The molecule has 3 aliphatic rings. The van der Waals surface area contributed by atoms with E-state index >= 15 is 0 Å². The van der Waals surface area contributed by atoms with Gasteiger partial charge in [0.15, 0.2) is 0 Å². The Morgan fingerprint density at radius 2 is 1.90 bits per heavy atom. The van der Waals surface area contributed by atoms with Crippen LogP contribution in [0.15, 0.2) is 58.6 Å². The predicted octanol–water partition coefficient (Wildman–Crippen LogP) is 4.90. The van der Waals surface area contributed by atoms with Crippen molar-refractivity contribution in [2.75, 3.05) is 6.54 Å². The minimum absolute atomic E-state index is 0.0633. The Morgan fingerprint density at radius 1 is 1.10 bits per heavy atom. The molecule has 1 heterocycles. The number of rotatable bonds is 4. The van der Waals surface area contributed by atoms with Crippen LogP contribution in [0.2, 0.25) is 0 Å². The van der Waals surface area contributed by atoms with Crippen LogP contribution in [0.3, 0.4) is 0 Å². The van der Waals surface area contributed by atoms with Gasteiger partial charge in [0.2, 0.25) is 0 Å². The quantitative estimate of drug-likeness (QED) is 0.734. The molecule has 150 valence electrons. The zero-order valence-electron chi connectivity index (χ0n) is 16.6. The van der Waals surface area contributed by atoms with E-state index in [0.29, 0.717) is 28.3 Å². The number of benzene rings is 2. The SMILES string of the molecule is N#Cc1ccc(-c2ccc(C(=O)N(C3CC3)C3CCC4=C(C=NC4)C3)cc2)c(F)c1. The van der Waals surface area contributed by atoms with Crippen LogP contribution in [-0.4, -0.2) is 35.7 Å². The van der Waals surface area contributed by atoms with Crippen LogP contribution >= 0.6 is 0 Å². The maximum atomic E-state index is 14.3. The summed E-state index contributed by atoms with van der Waals surface area (Å²) < 4.78 is 14.3. The molecule has 2 aromatic carbocycles. The number of amides is 1. The smallest absolute Gasteiger partial charge is 0.254 e. The second-order valence-electron chi connectivity index (χ2n) is 8.32. The Labute approximate surface area is 175 Å². The number of nitriles is 1. The fourth-order valence-electron chi connectivity index (χ4n) is 4.57. The van der Waals surface area contributed by atoms with Crippen molar-refractivity contribution in [1.29, 1.82) is 5.26 Å². The third kappa shape index (κ3) is 3.43. The summed E-state index contributed by atoms with van der Waals surface area (Å²) >= 11 is 0. The molecule has 0 bridgehead atoms. The topological polar surface area (TPSA) is 56.5 Å². The van der Waals surface area contributed by atoms with Crippen molar-refractivity contribution >= 4 is 12.1 Å². The van der Waals surface area contributed by atoms with Gasteiger partial charge in [-0.1, -0.05) is 18.2 Å². The molecule has 30 heavy (non-hydrogen) atoms. The Morgan fingerprint density at radius 3 is 2.60 bits per heavy atom. The first-order valence-electron chi connectivity index (χ1n) is 10.5. The minimum Gasteiger partial charge on any atom is -0.332 e. The molecule has 1 amide bonds. The monoisotopic (exact) mass is 399 g/mol. The molecule has 0 spiro atoms. The van der Waals surface area contributed by atoms with E-state index < -0.39 is 5.82 Å². The molecule has 4 nitrogen and oxygen atoms in total. The Bertz CT molecular complexity index is 1110. The highest BCUT2D eigenvalue weighted by molar-refractivity contribution is 5.95. The van der Waals surface area contributed by atoms with Gasteiger partial charge in [0, 0.05) is 29.4 Å². The molecular weight excluding hydrogens is 377 g/mol. The molecule has 0 saturated heterocycles. The van der Waals surface area contributed by atoms with Gasteiger partial charge in [-0.25, -0.2) is 4.39 Å². The van der Waals surface area contributed by atoms with Crippen molar-refractivity contribution in [1.82, 2.24) is 4.90 Å². The van der Waals surface area contributed by atoms with Gasteiger partial charge < -0.3 is 4.90 Å². The van der Waals surface area contributed by atoms with Gasteiger partial charge in [0.05, 0.1) is 18.2 Å². The summed E-state index contributed by atoms with van der Waals surface area (Å²) in [7, 11) is 0. The van der Waals surface area contributed by atoms with Crippen LogP contribution in [0.4, 0.5) is 4.39 Å². The highest BCUT2D eigenvalue weighted by Gasteiger charge is 2.39. The molecule has 5 rings (SSSR count). The fourth-order valence-corrected chi connectivity index (χ4v) is 4.57. The van der Waals surface area contributed by atoms with Gasteiger partial charge in [-0.2, -0.15) is 5.26 Å². The Kier molecular flexibility index (Phi) is 4.71. The first-order valence-corrected chi connectivity index (χ1v) is 10.5. The molecule has 1 aliphatic heterocycles. The number of nitrogens with zero attached hydrogens (tertiary/aromatic N) is 3. The zero-order chi connectivity index (χ0) is 20.7. The highest BCUT2D eigenvalue weighted by Crippen LogP contribution is 2.37. The van der Waals surface area contributed by atoms with E-state index in [1.807, 2.05) is 12.3 Å². The van der Waals surface area contributed by atoms with Gasteiger partial charge in [-0.05, 0) is 73.1 Å². The van der Waals surface area contributed by atoms with Gasteiger partial charge in [-0.3, -0.25) is 9.79 Å². The molecule has 1 saturated carbocycles. The molecule has 2 aromatic rings. The van der Waals surface area contributed by atoms with E-state index in [1.165, 1.54) is 17.2 Å². The molecule has 0 radical (unpaired) electrons. The summed E-state index contributed by atoms with van der Waals surface area (Å²) in [6.45, 7) is 0.826. The lowest BCUT2D eigenvalue weighted by Gasteiger charge is -2.35. The zero-order valence-corrected chi connectivity index (χ0v) is 16.6. The second-order valence-corrected chi connectivity index (χ2v) is 8.32. The largest absolute Gasteiger partial charge is 0.332 e. The van der Waals surface area contributed by atoms with E-state index in [9.17, 15) is 9.18 Å². The summed E-state index contributed by atoms with van der Waals surface area (Å²) in [5.74, 6) is -0.370. The van der Waals surface area contributed by atoms with Crippen molar-refractivity contribution in [3.05, 3.63) is 70.6 Å². The van der Waals surface area contributed by atoms with Crippen LogP contribution in [0.1, 0.15) is 48.0 Å². The molecule has 1 fully saturated rings. The minimum atomic E-state index is -0.433. The Hall–Kier alpha value is -3.26. The summed E-state index contributed by atoms with van der Waals surface area (Å²) in [4.78, 5) is 19.9. The van der Waals surface area contributed by atoms with Crippen LogP contribution in [-0.2, 0) is 0 Å². The predicted molar refractivity (Wildman–Crippen MR) is 114 cm³/mol. The third-order valence-corrected chi connectivity index (χ3v) is 6.33. The van der Waals surface area contributed by atoms with Crippen molar-refractivity contribution < 1.29 is 9.18 Å². The van der Waals surface area contributed by atoms with Crippen LogP contribution in [0, 0.1) is 17.1 Å². The van der Waals surface area contributed by atoms with Gasteiger partial charge >= 0.3 is 0 Å². The van der Waals surface area contributed by atoms with Crippen molar-refractivity contribution in [3.63, 3.8) is 0 Å². The first kappa shape index (κ1) is 18.7. The van der Waals surface area contributed by atoms with Crippen molar-refractivity contribution in [2.45, 2.75) is 44.2 Å². The van der Waals surface area contributed by atoms with Crippen molar-refractivity contribution in [2.24, 2.45) is 4.99 Å². The summed E-state index contributed by atoms with van der Waals surface area (Å²) in [6.07, 6.45) is 7.04. The Balaban J connectivity index is 1.37. The van der Waals surface area contributed by atoms with Gasteiger partial charge in [0.25, 0.3) is 5.91 Å². The molecule has 5 heteroatoms. The van der Waals surface area contributed by atoms with Gasteiger partial charge in [-0.15, -0.1) is 0 Å². The first-order chi connectivity index (χ1) is 14.6. The van der Waals surface area contributed by atoms with Crippen LogP contribution in [0.25, 0.3) is 11.1 Å². The lowest BCUT2D eigenvalue weighted by Crippen LogP contribution is -2.43. The molecule has 1 unspecified atom stereocenters. The van der Waals surface area contributed by atoms with E-state index in [1.54, 1.807) is 36.4 Å². The standard InChI is InChI=1S/C25H22FN3O/c26-24-11-16(13-27)1-10-23(24)17-2-4-18(5-3-17)25(30)29(21-8-9-21)22-7-6-19-14-28-15-20(19)12-22/h1-5,10-11,15,21-22H,6-9,12,14H2. The maximum absolute atomic E-state index is 14.3. The second kappa shape index (κ2) is 7.53. The van der Waals surface area contributed by atoms with Gasteiger partial charge in [0.1, 0.15) is 5.82 Å². The number of halogens is 1. The molecule has 0 aromatic heterocycles. The van der Waals surface area contributed by atoms with E-state index in [2.05, 4.69) is 9.89 Å². The summed E-state index contributed by atoms with van der Waals surface area (Å²) in [5.41, 5.74) is 4.81. The van der Waals surface area contributed by atoms with E-state index in [-0.39, 0.29) is 11.9 Å². The number of hydrogen-bond acceptors (Lipinski definition) is 3. The average Bonchev–Trinajstić information content (AvgIpc) is 3.49. The maximum Gasteiger partial charge on any atom is 0.254 e.